The minimum Gasteiger partial charge on any atom is -0.322 e. The lowest BCUT2D eigenvalue weighted by Crippen LogP contribution is -2.11. The van der Waals surface area contributed by atoms with Gasteiger partial charge in [-0.15, -0.1) is 11.3 Å². The van der Waals surface area contributed by atoms with Crippen molar-refractivity contribution in [2.45, 2.75) is 6.92 Å². The van der Waals surface area contributed by atoms with E-state index in [9.17, 15) is 4.79 Å². The molecule has 0 aliphatic heterocycles. The third-order valence-electron chi connectivity index (χ3n) is 2.84. The van der Waals surface area contributed by atoms with E-state index in [0.29, 0.717) is 5.56 Å². The summed E-state index contributed by atoms with van der Waals surface area (Å²) < 4.78 is 2.13. The van der Waals surface area contributed by atoms with Crippen LogP contribution in [0, 0.1) is 10.5 Å². The second kappa shape index (κ2) is 5.49. The van der Waals surface area contributed by atoms with Crippen molar-refractivity contribution in [3.05, 3.63) is 56.6 Å². The third-order valence-corrected chi connectivity index (χ3v) is 4.44. The number of carbonyl (C=O) groups is 1. The van der Waals surface area contributed by atoms with Crippen molar-refractivity contribution in [1.82, 2.24) is 4.98 Å². The predicted molar refractivity (Wildman–Crippen MR) is 91.5 cm³/mol. The molecule has 0 aliphatic carbocycles. The van der Waals surface area contributed by atoms with Crippen molar-refractivity contribution >= 4 is 55.7 Å². The third kappa shape index (κ3) is 2.83. The number of benzene rings is 2. The lowest BCUT2D eigenvalue weighted by molar-refractivity contribution is 0.102. The van der Waals surface area contributed by atoms with Crippen molar-refractivity contribution in [1.29, 1.82) is 0 Å². The zero-order chi connectivity index (χ0) is 14.1. The number of nitrogens with one attached hydrogen (secondary N) is 1. The number of hydrogen-bond acceptors (Lipinski definition) is 3. The second-order valence-electron chi connectivity index (χ2n) is 4.38. The summed E-state index contributed by atoms with van der Waals surface area (Å²) in [7, 11) is 0. The van der Waals surface area contributed by atoms with Crippen LogP contribution in [0.2, 0.25) is 0 Å². The summed E-state index contributed by atoms with van der Waals surface area (Å²) in [5.74, 6) is -0.0934. The molecule has 0 fully saturated rings. The van der Waals surface area contributed by atoms with Crippen molar-refractivity contribution < 1.29 is 4.79 Å². The highest BCUT2D eigenvalue weighted by atomic mass is 127. The fourth-order valence-corrected chi connectivity index (χ4v) is 3.36. The molecule has 1 aromatic heterocycles. The van der Waals surface area contributed by atoms with Crippen molar-refractivity contribution in [2.75, 3.05) is 5.32 Å². The highest BCUT2D eigenvalue weighted by Gasteiger charge is 2.08. The average Bonchev–Trinajstić information content (AvgIpc) is 2.78. The number of halogens is 1. The van der Waals surface area contributed by atoms with Crippen molar-refractivity contribution in [3.63, 3.8) is 0 Å². The number of nitrogens with zero attached hydrogens (tertiary/aromatic N) is 1. The molecule has 0 unspecified atom stereocenters. The first kappa shape index (κ1) is 13.5. The van der Waals surface area contributed by atoms with Crippen LogP contribution in [0.5, 0.6) is 0 Å². The van der Waals surface area contributed by atoms with Crippen LogP contribution in [0.25, 0.3) is 10.2 Å². The molecule has 100 valence electrons. The molecular weight excluding hydrogens is 383 g/mol. The minimum atomic E-state index is -0.0934. The van der Waals surface area contributed by atoms with Gasteiger partial charge in [0.2, 0.25) is 0 Å². The van der Waals surface area contributed by atoms with Gasteiger partial charge in [-0.3, -0.25) is 4.79 Å². The Balaban J connectivity index is 1.87. The van der Waals surface area contributed by atoms with Gasteiger partial charge >= 0.3 is 0 Å². The Morgan fingerprint density at radius 3 is 2.90 bits per heavy atom. The van der Waals surface area contributed by atoms with Gasteiger partial charge in [0.25, 0.3) is 5.91 Å². The van der Waals surface area contributed by atoms with Crippen LogP contribution in [0.3, 0.4) is 0 Å². The van der Waals surface area contributed by atoms with E-state index in [-0.39, 0.29) is 5.91 Å². The number of rotatable bonds is 2. The van der Waals surface area contributed by atoms with Crippen LogP contribution in [0.15, 0.2) is 42.5 Å². The standard InChI is InChI=1S/C15H11IN2OS/c1-9-17-13-6-5-12(8-14(13)20-9)18-15(19)10-3-2-4-11(16)7-10/h2-8H,1H3,(H,18,19). The smallest absolute Gasteiger partial charge is 0.255 e. The molecular formula is C15H11IN2OS. The number of fused-ring (bicyclic) bond motifs is 1. The van der Waals surface area contributed by atoms with Gasteiger partial charge in [0.15, 0.2) is 0 Å². The number of hydrogen-bond donors (Lipinski definition) is 1. The van der Waals surface area contributed by atoms with E-state index < -0.39 is 0 Å². The summed E-state index contributed by atoms with van der Waals surface area (Å²) in [5.41, 5.74) is 2.43. The largest absolute Gasteiger partial charge is 0.322 e. The number of thiazole rings is 1. The Morgan fingerprint density at radius 1 is 1.25 bits per heavy atom. The van der Waals surface area contributed by atoms with Gasteiger partial charge in [-0.2, -0.15) is 0 Å². The maximum absolute atomic E-state index is 12.2. The quantitative estimate of drug-likeness (QED) is 0.652. The Bertz CT molecular complexity index is 797. The molecule has 0 saturated heterocycles. The summed E-state index contributed by atoms with van der Waals surface area (Å²) in [6, 6.07) is 13.3. The van der Waals surface area contributed by atoms with Gasteiger partial charge in [-0.05, 0) is 65.9 Å². The molecule has 5 heteroatoms. The molecule has 0 spiro atoms. The number of aromatic nitrogens is 1. The molecule has 0 saturated carbocycles. The second-order valence-corrected chi connectivity index (χ2v) is 6.86. The lowest BCUT2D eigenvalue weighted by atomic mass is 10.2. The normalized spacial score (nSPS) is 10.7. The van der Waals surface area contributed by atoms with Crippen molar-refractivity contribution in [2.24, 2.45) is 0 Å². The molecule has 3 nitrogen and oxygen atoms in total. The highest BCUT2D eigenvalue weighted by Crippen LogP contribution is 2.25. The van der Waals surface area contributed by atoms with Gasteiger partial charge in [0.05, 0.1) is 15.2 Å². The number of anilines is 1. The van der Waals surface area contributed by atoms with Crippen LogP contribution < -0.4 is 5.32 Å². The monoisotopic (exact) mass is 394 g/mol. The summed E-state index contributed by atoms with van der Waals surface area (Å²) in [4.78, 5) is 16.6. The van der Waals surface area contributed by atoms with E-state index in [1.165, 1.54) is 0 Å². The average molecular weight is 394 g/mol. The summed E-state index contributed by atoms with van der Waals surface area (Å²) >= 11 is 3.83. The summed E-state index contributed by atoms with van der Waals surface area (Å²) in [5, 5.41) is 3.95. The van der Waals surface area contributed by atoms with E-state index >= 15 is 0 Å². The van der Waals surface area contributed by atoms with Gasteiger partial charge in [-0.25, -0.2) is 4.98 Å². The molecule has 3 aromatic rings. The number of carbonyl (C=O) groups excluding carboxylic acids is 1. The Labute approximate surface area is 134 Å². The molecule has 0 bridgehead atoms. The zero-order valence-electron chi connectivity index (χ0n) is 10.7. The SMILES string of the molecule is Cc1nc2ccc(NC(=O)c3cccc(I)c3)cc2s1. The predicted octanol–water partition coefficient (Wildman–Crippen LogP) is 4.46. The molecule has 0 radical (unpaired) electrons. The number of aryl methyl sites for hydroxylation is 1. The molecule has 3 rings (SSSR count). The highest BCUT2D eigenvalue weighted by molar-refractivity contribution is 14.1. The Kier molecular flexibility index (Phi) is 3.71. The zero-order valence-corrected chi connectivity index (χ0v) is 13.7. The van der Waals surface area contributed by atoms with Gasteiger partial charge in [0.1, 0.15) is 0 Å². The van der Waals surface area contributed by atoms with Crippen LogP contribution in [-0.4, -0.2) is 10.9 Å². The van der Waals surface area contributed by atoms with E-state index in [4.69, 9.17) is 0 Å². The fraction of sp³-hybridized carbons (Fsp3) is 0.0667. The van der Waals surface area contributed by atoms with Crippen LogP contribution in [0.1, 0.15) is 15.4 Å². The fourth-order valence-electron chi connectivity index (χ4n) is 1.95. The van der Waals surface area contributed by atoms with Crippen LogP contribution in [0.4, 0.5) is 5.69 Å². The summed E-state index contributed by atoms with van der Waals surface area (Å²) in [6.07, 6.45) is 0. The van der Waals surface area contributed by atoms with E-state index in [1.807, 2.05) is 49.4 Å². The van der Waals surface area contributed by atoms with Gasteiger partial charge in [-0.1, -0.05) is 6.07 Å². The minimum absolute atomic E-state index is 0.0934. The van der Waals surface area contributed by atoms with E-state index in [1.54, 1.807) is 11.3 Å². The first-order valence-corrected chi connectivity index (χ1v) is 7.95. The molecule has 2 aromatic carbocycles. The first-order valence-electron chi connectivity index (χ1n) is 6.06. The maximum atomic E-state index is 12.2. The van der Waals surface area contributed by atoms with Crippen LogP contribution >= 0.6 is 33.9 Å². The van der Waals surface area contributed by atoms with Crippen molar-refractivity contribution in [3.8, 4) is 0 Å². The number of amides is 1. The van der Waals surface area contributed by atoms with Gasteiger partial charge < -0.3 is 5.32 Å². The molecule has 1 heterocycles. The molecule has 1 amide bonds. The van der Waals surface area contributed by atoms with E-state index in [0.717, 1.165) is 24.5 Å². The molecule has 20 heavy (non-hydrogen) atoms. The van der Waals surface area contributed by atoms with Crippen LogP contribution in [-0.2, 0) is 0 Å². The Hall–Kier alpha value is -1.47. The maximum Gasteiger partial charge on any atom is 0.255 e. The van der Waals surface area contributed by atoms with Gasteiger partial charge in [0, 0.05) is 14.8 Å². The first-order chi connectivity index (χ1) is 9.61. The lowest BCUT2D eigenvalue weighted by Gasteiger charge is -2.05. The van der Waals surface area contributed by atoms with E-state index in [2.05, 4.69) is 32.9 Å². The Morgan fingerprint density at radius 2 is 2.10 bits per heavy atom. The summed E-state index contributed by atoms with van der Waals surface area (Å²) in [6.45, 7) is 1.98. The topological polar surface area (TPSA) is 42.0 Å². The molecule has 0 aliphatic rings. The molecule has 1 N–H and O–H groups in total. The molecule has 0 atom stereocenters.